The first-order valence-corrected chi connectivity index (χ1v) is 9.73. The number of hydrogen-bond donors (Lipinski definition) is 1. The van der Waals surface area contributed by atoms with Gasteiger partial charge in [-0.1, -0.05) is 39.0 Å². The number of benzene rings is 1. The first-order valence-electron chi connectivity index (χ1n) is 9.73. The molecule has 0 radical (unpaired) electrons. The molecule has 3 heteroatoms. The summed E-state index contributed by atoms with van der Waals surface area (Å²) in [5, 5.41) is 3.59. The van der Waals surface area contributed by atoms with Crippen molar-refractivity contribution in [3.63, 3.8) is 0 Å². The molecular weight excluding hydrogens is 306 g/mol. The molecule has 1 saturated carbocycles. The summed E-state index contributed by atoms with van der Waals surface area (Å²) in [5.74, 6) is 1.88. The van der Waals surface area contributed by atoms with Gasteiger partial charge in [-0.2, -0.15) is 0 Å². The molecule has 1 aliphatic carbocycles. The quantitative estimate of drug-likeness (QED) is 0.677. The van der Waals surface area contributed by atoms with E-state index in [0.29, 0.717) is 17.5 Å². The average molecular weight is 340 g/mol. The fourth-order valence-electron chi connectivity index (χ4n) is 3.85. The van der Waals surface area contributed by atoms with Crippen LogP contribution in [0.4, 0.5) is 5.82 Å². The SMILES string of the molecule is CC[C@@H](CC1CC1(C)C)N(NC(C)C)c1cc(C)c2ccccc2n1. The van der Waals surface area contributed by atoms with Crippen LogP contribution in [0.2, 0.25) is 0 Å². The van der Waals surface area contributed by atoms with Crippen LogP contribution < -0.4 is 10.4 Å². The van der Waals surface area contributed by atoms with Gasteiger partial charge in [0.2, 0.25) is 0 Å². The lowest BCUT2D eigenvalue weighted by Crippen LogP contribution is -2.49. The molecule has 3 nitrogen and oxygen atoms in total. The van der Waals surface area contributed by atoms with Crippen molar-refractivity contribution in [3.05, 3.63) is 35.9 Å². The first-order chi connectivity index (χ1) is 11.8. The van der Waals surface area contributed by atoms with Crippen LogP contribution in [0, 0.1) is 18.3 Å². The summed E-state index contributed by atoms with van der Waals surface area (Å²) in [6.45, 7) is 13.7. The van der Waals surface area contributed by atoms with Gasteiger partial charge < -0.3 is 0 Å². The Bertz CT molecular complexity index is 735. The van der Waals surface area contributed by atoms with Crippen molar-refractivity contribution in [3.8, 4) is 0 Å². The summed E-state index contributed by atoms with van der Waals surface area (Å²) >= 11 is 0. The topological polar surface area (TPSA) is 28.2 Å². The lowest BCUT2D eigenvalue weighted by Gasteiger charge is -2.35. The highest BCUT2D eigenvalue weighted by Gasteiger charge is 2.46. The molecule has 0 bridgehead atoms. The number of aromatic nitrogens is 1. The predicted molar refractivity (Wildman–Crippen MR) is 108 cm³/mol. The number of rotatable bonds is 7. The molecule has 1 aromatic heterocycles. The van der Waals surface area contributed by atoms with Crippen molar-refractivity contribution in [2.75, 3.05) is 5.01 Å². The molecule has 136 valence electrons. The summed E-state index contributed by atoms with van der Waals surface area (Å²) < 4.78 is 0. The number of nitrogens with zero attached hydrogens (tertiary/aromatic N) is 2. The van der Waals surface area contributed by atoms with E-state index in [4.69, 9.17) is 4.98 Å². The lowest BCUT2D eigenvalue weighted by molar-refractivity contribution is 0.401. The molecule has 1 fully saturated rings. The zero-order valence-electron chi connectivity index (χ0n) is 16.6. The fraction of sp³-hybridized carbons (Fsp3) is 0.591. The van der Waals surface area contributed by atoms with E-state index < -0.39 is 0 Å². The Morgan fingerprint density at radius 1 is 1.28 bits per heavy atom. The Kier molecular flexibility index (Phi) is 5.06. The largest absolute Gasteiger partial charge is 0.289 e. The molecule has 3 rings (SSSR count). The van der Waals surface area contributed by atoms with Gasteiger partial charge in [-0.25, -0.2) is 10.4 Å². The average Bonchev–Trinajstić information content (AvgIpc) is 3.17. The normalized spacial score (nSPS) is 20.0. The van der Waals surface area contributed by atoms with Crippen LogP contribution >= 0.6 is 0 Å². The van der Waals surface area contributed by atoms with E-state index in [1.807, 2.05) is 0 Å². The van der Waals surface area contributed by atoms with Crippen LogP contribution in [0.5, 0.6) is 0 Å². The Balaban J connectivity index is 1.94. The third-order valence-electron chi connectivity index (χ3n) is 5.66. The minimum absolute atomic E-state index is 0.384. The molecule has 1 N–H and O–H groups in total. The molecular formula is C22H33N3. The van der Waals surface area contributed by atoms with Crippen LogP contribution in [-0.2, 0) is 0 Å². The van der Waals surface area contributed by atoms with Crippen molar-refractivity contribution >= 4 is 16.7 Å². The second-order valence-corrected chi connectivity index (χ2v) is 8.66. The number of para-hydroxylation sites is 1. The number of hydrogen-bond acceptors (Lipinski definition) is 3. The highest BCUT2D eigenvalue weighted by molar-refractivity contribution is 5.83. The van der Waals surface area contributed by atoms with Crippen molar-refractivity contribution in [2.45, 2.75) is 72.9 Å². The highest BCUT2D eigenvalue weighted by Crippen LogP contribution is 2.54. The van der Waals surface area contributed by atoms with Gasteiger partial charge in [0.05, 0.1) is 5.52 Å². The van der Waals surface area contributed by atoms with Crippen LogP contribution in [0.15, 0.2) is 30.3 Å². The van der Waals surface area contributed by atoms with E-state index in [-0.39, 0.29) is 0 Å². The summed E-state index contributed by atoms with van der Waals surface area (Å²) in [5.41, 5.74) is 6.56. The van der Waals surface area contributed by atoms with Gasteiger partial charge in [0.15, 0.2) is 0 Å². The zero-order chi connectivity index (χ0) is 18.2. The maximum Gasteiger partial charge on any atom is 0.143 e. The Morgan fingerprint density at radius 3 is 2.56 bits per heavy atom. The number of nitrogens with one attached hydrogen (secondary N) is 1. The molecule has 2 aromatic rings. The number of hydrazine groups is 1. The van der Waals surface area contributed by atoms with Gasteiger partial charge in [0.25, 0.3) is 0 Å². The van der Waals surface area contributed by atoms with Gasteiger partial charge in [0, 0.05) is 17.5 Å². The molecule has 1 unspecified atom stereocenters. The standard InChI is InChI=1S/C22H33N3/c1-7-18(13-17-14-22(17,5)6)25(24-15(2)3)21-12-16(4)19-10-8-9-11-20(19)23-21/h8-12,15,17-18,24H,7,13-14H2,1-6H3/t17?,18-/m0/s1. The summed E-state index contributed by atoms with van der Waals surface area (Å²) in [4.78, 5) is 4.99. The van der Waals surface area contributed by atoms with Crippen molar-refractivity contribution < 1.29 is 0 Å². The smallest absolute Gasteiger partial charge is 0.143 e. The third kappa shape index (κ3) is 3.98. The minimum Gasteiger partial charge on any atom is -0.289 e. The van der Waals surface area contributed by atoms with Crippen molar-refractivity contribution in [2.24, 2.45) is 11.3 Å². The van der Waals surface area contributed by atoms with Crippen LogP contribution in [0.25, 0.3) is 10.9 Å². The van der Waals surface area contributed by atoms with Gasteiger partial charge >= 0.3 is 0 Å². The van der Waals surface area contributed by atoms with Crippen molar-refractivity contribution in [1.82, 2.24) is 10.4 Å². The Labute approximate surface area is 152 Å². The minimum atomic E-state index is 0.384. The number of aryl methyl sites for hydroxylation is 1. The monoisotopic (exact) mass is 339 g/mol. The predicted octanol–water partition coefficient (Wildman–Crippen LogP) is 5.48. The van der Waals surface area contributed by atoms with Crippen molar-refractivity contribution in [1.29, 1.82) is 0 Å². The summed E-state index contributed by atoms with van der Waals surface area (Å²) in [6, 6.07) is 11.5. The second-order valence-electron chi connectivity index (χ2n) is 8.66. The summed E-state index contributed by atoms with van der Waals surface area (Å²) in [7, 11) is 0. The molecule has 2 atom stereocenters. The first kappa shape index (κ1) is 18.2. The molecule has 1 aliphatic rings. The van der Waals surface area contributed by atoms with Gasteiger partial charge in [0.1, 0.15) is 5.82 Å². The molecule has 0 saturated heterocycles. The highest BCUT2D eigenvalue weighted by atomic mass is 15.5. The molecule has 25 heavy (non-hydrogen) atoms. The number of fused-ring (bicyclic) bond motifs is 1. The van der Waals surface area contributed by atoms with E-state index in [1.165, 1.54) is 23.8 Å². The van der Waals surface area contributed by atoms with Crippen LogP contribution in [-0.4, -0.2) is 17.1 Å². The van der Waals surface area contributed by atoms with E-state index >= 15 is 0 Å². The Morgan fingerprint density at radius 2 is 1.96 bits per heavy atom. The molecule has 1 heterocycles. The van der Waals surface area contributed by atoms with Crippen LogP contribution in [0.3, 0.4) is 0 Å². The molecule has 0 aliphatic heterocycles. The third-order valence-corrected chi connectivity index (χ3v) is 5.66. The Hall–Kier alpha value is -1.61. The van der Waals surface area contributed by atoms with E-state index in [9.17, 15) is 0 Å². The maximum absolute atomic E-state index is 4.99. The molecule has 1 aromatic carbocycles. The van der Waals surface area contributed by atoms with E-state index in [0.717, 1.165) is 23.7 Å². The summed E-state index contributed by atoms with van der Waals surface area (Å²) in [6.07, 6.45) is 3.71. The van der Waals surface area contributed by atoms with Gasteiger partial charge in [-0.15, -0.1) is 0 Å². The maximum atomic E-state index is 4.99. The van der Waals surface area contributed by atoms with Crippen LogP contribution in [0.1, 0.15) is 59.4 Å². The van der Waals surface area contributed by atoms with Gasteiger partial charge in [-0.05, 0) is 69.1 Å². The van der Waals surface area contributed by atoms with Gasteiger partial charge in [-0.3, -0.25) is 5.01 Å². The second kappa shape index (κ2) is 6.95. The number of anilines is 1. The van der Waals surface area contributed by atoms with E-state index in [1.54, 1.807) is 0 Å². The molecule has 0 spiro atoms. The number of pyridine rings is 1. The van der Waals surface area contributed by atoms with E-state index in [2.05, 4.69) is 82.3 Å². The fourth-order valence-corrected chi connectivity index (χ4v) is 3.85. The molecule has 0 amide bonds. The zero-order valence-corrected chi connectivity index (χ0v) is 16.6. The lowest BCUT2D eigenvalue weighted by atomic mass is 10.0.